The summed E-state index contributed by atoms with van der Waals surface area (Å²) >= 11 is 4.96. The molecular weight excluding hydrogens is 488 g/mol. The minimum Gasteiger partial charge on any atom is -0.494 e. The van der Waals surface area contributed by atoms with Crippen LogP contribution in [0.25, 0.3) is 11.3 Å². The second kappa shape index (κ2) is 11.5. The molecule has 3 aromatic rings. The molecule has 0 bridgehead atoms. The first-order valence-corrected chi connectivity index (χ1v) is 12.5. The van der Waals surface area contributed by atoms with Crippen LogP contribution in [0.4, 0.5) is 5.13 Å². The van der Waals surface area contributed by atoms with Crippen molar-refractivity contribution in [3.8, 4) is 22.8 Å². The summed E-state index contributed by atoms with van der Waals surface area (Å²) in [6, 6.07) is 11.9. The Bertz CT molecular complexity index is 1050. The number of hydrogen-bond acceptors (Lipinski definition) is 5. The van der Waals surface area contributed by atoms with Gasteiger partial charge in [-0.05, 0) is 66.8 Å². The van der Waals surface area contributed by atoms with Gasteiger partial charge in [0.2, 0.25) is 0 Å². The third kappa shape index (κ3) is 6.56. The number of rotatable bonds is 10. The minimum atomic E-state index is -0.235. The molecular formula is C25H29BrN2O3S. The summed E-state index contributed by atoms with van der Waals surface area (Å²) < 4.78 is 12.6. The Balaban J connectivity index is 1.58. The van der Waals surface area contributed by atoms with Gasteiger partial charge in [0.15, 0.2) is 11.7 Å². The van der Waals surface area contributed by atoms with Gasteiger partial charge >= 0.3 is 0 Å². The Morgan fingerprint density at radius 1 is 1.19 bits per heavy atom. The molecule has 0 fully saturated rings. The average molecular weight is 517 g/mol. The van der Waals surface area contributed by atoms with E-state index >= 15 is 0 Å². The van der Waals surface area contributed by atoms with Gasteiger partial charge in [-0.15, -0.1) is 11.3 Å². The number of anilines is 1. The van der Waals surface area contributed by atoms with E-state index in [2.05, 4.69) is 53.1 Å². The maximum absolute atomic E-state index is 12.4. The van der Waals surface area contributed by atoms with Crippen molar-refractivity contribution in [3.05, 3.63) is 57.4 Å². The molecule has 1 heterocycles. The Kier molecular flexibility index (Phi) is 8.70. The number of nitrogens with zero attached hydrogens (tertiary/aromatic N) is 1. The monoisotopic (exact) mass is 516 g/mol. The molecule has 1 N–H and O–H groups in total. The molecule has 0 saturated heterocycles. The lowest BCUT2D eigenvalue weighted by atomic mass is 10.0. The van der Waals surface area contributed by atoms with E-state index < -0.39 is 0 Å². The second-order valence-corrected chi connectivity index (χ2v) is 9.61. The van der Waals surface area contributed by atoms with E-state index in [4.69, 9.17) is 9.47 Å². The summed E-state index contributed by atoms with van der Waals surface area (Å²) in [5.74, 6) is 1.64. The molecule has 0 aliphatic carbocycles. The molecule has 3 rings (SSSR count). The third-order valence-corrected chi connectivity index (χ3v) is 6.55. The van der Waals surface area contributed by atoms with Gasteiger partial charge in [0, 0.05) is 15.4 Å². The van der Waals surface area contributed by atoms with Crippen LogP contribution < -0.4 is 14.8 Å². The van der Waals surface area contributed by atoms with E-state index in [9.17, 15) is 4.79 Å². The highest BCUT2D eigenvalue weighted by Crippen LogP contribution is 2.32. The molecule has 0 saturated carbocycles. The van der Waals surface area contributed by atoms with Gasteiger partial charge in [0.1, 0.15) is 11.5 Å². The molecule has 7 heteroatoms. The molecule has 0 aliphatic heterocycles. The lowest BCUT2D eigenvalue weighted by molar-refractivity contribution is -0.118. The third-order valence-electron chi connectivity index (χ3n) is 4.94. The van der Waals surface area contributed by atoms with Gasteiger partial charge in [-0.25, -0.2) is 4.98 Å². The predicted octanol–water partition coefficient (Wildman–Crippen LogP) is 7.20. The molecule has 0 aliphatic rings. The van der Waals surface area contributed by atoms with Gasteiger partial charge in [0.25, 0.3) is 5.91 Å². The van der Waals surface area contributed by atoms with E-state index in [-0.39, 0.29) is 18.4 Å². The molecule has 1 amide bonds. The number of ether oxygens (including phenoxy) is 2. The Morgan fingerprint density at radius 2 is 1.94 bits per heavy atom. The van der Waals surface area contributed by atoms with E-state index in [0.29, 0.717) is 5.13 Å². The molecule has 0 spiro atoms. The van der Waals surface area contributed by atoms with Crippen LogP contribution >= 0.6 is 27.3 Å². The molecule has 0 radical (unpaired) electrons. The van der Waals surface area contributed by atoms with E-state index in [0.717, 1.165) is 57.8 Å². The lowest BCUT2D eigenvalue weighted by Crippen LogP contribution is -2.20. The number of halogens is 1. The van der Waals surface area contributed by atoms with E-state index in [1.807, 2.05) is 42.6 Å². The van der Waals surface area contributed by atoms with Crippen LogP contribution in [0.1, 0.15) is 50.7 Å². The van der Waals surface area contributed by atoms with Crippen molar-refractivity contribution in [3.63, 3.8) is 0 Å². The first-order chi connectivity index (χ1) is 15.4. The van der Waals surface area contributed by atoms with Crippen molar-refractivity contribution >= 4 is 38.3 Å². The zero-order valence-electron chi connectivity index (χ0n) is 18.9. The van der Waals surface area contributed by atoms with Gasteiger partial charge < -0.3 is 9.47 Å². The Morgan fingerprint density at radius 3 is 2.62 bits per heavy atom. The summed E-state index contributed by atoms with van der Waals surface area (Å²) in [6.45, 7) is 9.00. The first-order valence-electron chi connectivity index (χ1n) is 10.8. The van der Waals surface area contributed by atoms with Crippen molar-refractivity contribution in [2.24, 2.45) is 0 Å². The smallest absolute Gasteiger partial charge is 0.264 e. The van der Waals surface area contributed by atoms with Crippen LogP contribution in [0.3, 0.4) is 0 Å². The van der Waals surface area contributed by atoms with Crippen LogP contribution in [0.5, 0.6) is 11.5 Å². The molecule has 5 nitrogen and oxygen atoms in total. The van der Waals surface area contributed by atoms with Gasteiger partial charge in [0.05, 0.1) is 12.3 Å². The number of nitrogens with one attached hydrogen (secondary N) is 1. The van der Waals surface area contributed by atoms with Gasteiger partial charge in [-0.3, -0.25) is 10.1 Å². The topological polar surface area (TPSA) is 60.5 Å². The number of aryl methyl sites for hydroxylation is 1. The number of thiazole rings is 1. The fraction of sp³-hybridized carbons (Fsp3) is 0.360. The molecule has 2 aromatic carbocycles. The zero-order valence-corrected chi connectivity index (χ0v) is 21.3. The fourth-order valence-corrected chi connectivity index (χ4v) is 4.16. The predicted molar refractivity (Wildman–Crippen MR) is 135 cm³/mol. The molecule has 0 unspecified atom stereocenters. The number of benzene rings is 2. The van der Waals surface area contributed by atoms with Crippen LogP contribution in [0.15, 0.2) is 46.3 Å². The van der Waals surface area contributed by atoms with Crippen LogP contribution in [0.2, 0.25) is 0 Å². The highest BCUT2D eigenvalue weighted by Gasteiger charge is 2.14. The average Bonchev–Trinajstić information content (AvgIpc) is 3.23. The van der Waals surface area contributed by atoms with Crippen LogP contribution in [-0.2, 0) is 4.79 Å². The summed E-state index contributed by atoms with van der Waals surface area (Å²) in [5, 5.41) is 5.31. The largest absolute Gasteiger partial charge is 0.494 e. The van der Waals surface area contributed by atoms with E-state index in [1.165, 1.54) is 11.3 Å². The normalized spacial score (nSPS) is 10.9. The van der Waals surface area contributed by atoms with Crippen molar-refractivity contribution in [2.45, 2.75) is 46.5 Å². The molecule has 1 aromatic heterocycles. The van der Waals surface area contributed by atoms with E-state index in [1.54, 1.807) is 0 Å². The Labute approximate surface area is 202 Å². The van der Waals surface area contributed by atoms with Crippen molar-refractivity contribution in [1.29, 1.82) is 0 Å². The molecule has 0 atom stereocenters. The molecule has 170 valence electrons. The number of carbonyl (C=O) groups excluding carboxylic acids is 1. The zero-order chi connectivity index (χ0) is 23.1. The van der Waals surface area contributed by atoms with Gasteiger partial charge in [-0.1, -0.05) is 43.1 Å². The number of unbranched alkanes of at least 4 members (excludes halogenated alkanes) is 1. The quantitative estimate of drug-likeness (QED) is 0.289. The highest BCUT2D eigenvalue weighted by atomic mass is 79.9. The van der Waals surface area contributed by atoms with Crippen molar-refractivity contribution in [2.75, 3.05) is 18.5 Å². The molecule has 32 heavy (non-hydrogen) atoms. The minimum absolute atomic E-state index is 0.0699. The number of hydrogen-bond donors (Lipinski definition) is 1. The van der Waals surface area contributed by atoms with Gasteiger partial charge in [-0.2, -0.15) is 0 Å². The van der Waals surface area contributed by atoms with Crippen LogP contribution in [-0.4, -0.2) is 24.1 Å². The van der Waals surface area contributed by atoms with Crippen molar-refractivity contribution in [1.82, 2.24) is 4.98 Å². The lowest BCUT2D eigenvalue weighted by Gasteiger charge is -2.15. The van der Waals surface area contributed by atoms with Crippen molar-refractivity contribution < 1.29 is 14.3 Å². The first kappa shape index (κ1) is 24.3. The standard InChI is InChI=1S/C25H29BrN2O3S/c1-5-6-11-30-19-9-7-18(8-10-19)22-15-32-25(27-22)28-24(29)14-31-23-12-17(4)21(26)13-20(23)16(2)3/h7-10,12-13,15-16H,5-6,11,14H2,1-4H3,(H,27,28,29). The summed E-state index contributed by atoms with van der Waals surface area (Å²) in [6.07, 6.45) is 2.15. The maximum atomic E-state index is 12.4. The second-order valence-electron chi connectivity index (χ2n) is 7.90. The summed E-state index contributed by atoms with van der Waals surface area (Å²) in [4.78, 5) is 17.0. The maximum Gasteiger partial charge on any atom is 0.264 e. The Hall–Kier alpha value is -2.38. The summed E-state index contributed by atoms with van der Waals surface area (Å²) in [5.41, 5.74) is 3.93. The number of aromatic nitrogens is 1. The number of carbonyl (C=O) groups is 1. The SMILES string of the molecule is CCCCOc1ccc(-c2csc(NC(=O)COc3cc(C)c(Br)cc3C(C)C)n2)cc1. The fourth-order valence-electron chi connectivity index (χ4n) is 3.07. The van der Waals surface area contributed by atoms with Crippen LogP contribution in [0, 0.1) is 6.92 Å². The summed E-state index contributed by atoms with van der Waals surface area (Å²) in [7, 11) is 0. The highest BCUT2D eigenvalue weighted by molar-refractivity contribution is 9.10. The number of amides is 1.